The van der Waals surface area contributed by atoms with Gasteiger partial charge in [-0.1, -0.05) is 18.9 Å². The number of hydrogen-bond acceptors (Lipinski definition) is 4. The molecule has 1 saturated heterocycles. The number of nitrogens with two attached hydrogens (primary N) is 1. The van der Waals surface area contributed by atoms with Gasteiger partial charge in [-0.15, -0.1) is 13.2 Å². The van der Waals surface area contributed by atoms with E-state index >= 15 is 0 Å². The molecule has 0 aromatic heterocycles. The van der Waals surface area contributed by atoms with Crippen molar-refractivity contribution in [2.24, 2.45) is 11.7 Å². The van der Waals surface area contributed by atoms with Gasteiger partial charge in [0, 0.05) is 23.8 Å². The minimum Gasteiger partial charge on any atom is -0.406 e. The molecule has 1 saturated carbocycles. The molecule has 28 heavy (non-hydrogen) atoms. The molecular formula is C19H24F3N3O3. The highest BCUT2D eigenvalue weighted by Crippen LogP contribution is 2.33. The Morgan fingerprint density at radius 3 is 2.75 bits per heavy atom. The van der Waals surface area contributed by atoms with E-state index in [2.05, 4.69) is 10.1 Å². The number of rotatable bonds is 4. The summed E-state index contributed by atoms with van der Waals surface area (Å²) in [6, 6.07) is 4.54. The van der Waals surface area contributed by atoms with Crippen LogP contribution in [0.15, 0.2) is 24.3 Å². The van der Waals surface area contributed by atoms with E-state index in [1.807, 2.05) is 6.92 Å². The quantitative estimate of drug-likeness (QED) is 0.815. The number of carbonyl (C=O) groups excluding carboxylic acids is 2. The second-order valence-corrected chi connectivity index (χ2v) is 7.69. The molecule has 0 spiro atoms. The Bertz CT molecular complexity index is 751. The average Bonchev–Trinajstić information content (AvgIpc) is 2.93. The van der Waals surface area contributed by atoms with Crippen LogP contribution in [0.25, 0.3) is 0 Å². The molecule has 3 rings (SSSR count). The molecule has 1 aromatic rings. The number of carbonyl (C=O) groups is 2. The zero-order chi connectivity index (χ0) is 20.5. The van der Waals surface area contributed by atoms with Gasteiger partial charge in [-0.3, -0.25) is 9.59 Å². The molecule has 1 aliphatic carbocycles. The monoisotopic (exact) mass is 399 g/mol. The standard InChI is InChI=1S/C19H24F3N3O3/c1-18(23)9-3-2-7-14(18)16(26)24-15-8-10-25(17(15)27)12-5-4-6-13(11-12)28-19(20,21)22/h4-6,11,14-15H,2-3,7-10,23H2,1H3,(H,24,26). The van der Waals surface area contributed by atoms with Gasteiger partial charge in [0.2, 0.25) is 11.8 Å². The van der Waals surface area contributed by atoms with Crippen LogP contribution in [-0.2, 0) is 9.59 Å². The van der Waals surface area contributed by atoms with Crippen molar-refractivity contribution in [2.45, 2.75) is 57.0 Å². The SMILES string of the molecule is CC1(N)CCCCC1C(=O)NC1CCN(c2cccc(OC(F)(F)F)c2)C1=O. The van der Waals surface area contributed by atoms with Crippen LogP contribution in [0.3, 0.4) is 0 Å². The highest BCUT2D eigenvalue weighted by atomic mass is 19.4. The van der Waals surface area contributed by atoms with E-state index in [1.54, 1.807) is 0 Å². The van der Waals surface area contributed by atoms with Crippen LogP contribution in [0, 0.1) is 5.92 Å². The highest BCUT2D eigenvalue weighted by molar-refractivity contribution is 6.01. The number of nitrogens with one attached hydrogen (secondary N) is 1. The number of alkyl halides is 3. The molecule has 1 aliphatic heterocycles. The van der Waals surface area contributed by atoms with Crippen LogP contribution < -0.4 is 20.7 Å². The fraction of sp³-hybridized carbons (Fsp3) is 0.579. The van der Waals surface area contributed by atoms with Crippen molar-refractivity contribution in [3.05, 3.63) is 24.3 Å². The molecule has 6 nitrogen and oxygen atoms in total. The third-order valence-electron chi connectivity index (χ3n) is 5.46. The number of anilines is 1. The summed E-state index contributed by atoms with van der Waals surface area (Å²) in [7, 11) is 0. The second-order valence-electron chi connectivity index (χ2n) is 7.69. The molecule has 1 heterocycles. The van der Waals surface area contributed by atoms with E-state index in [0.29, 0.717) is 25.1 Å². The molecule has 1 aromatic carbocycles. The maximum Gasteiger partial charge on any atom is 0.573 e. The molecule has 0 radical (unpaired) electrons. The van der Waals surface area contributed by atoms with E-state index in [1.165, 1.54) is 23.1 Å². The Morgan fingerprint density at radius 2 is 2.07 bits per heavy atom. The van der Waals surface area contributed by atoms with Crippen LogP contribution in [-0.4, -0.2) is 36.3 Å². The molecule has 9 heteroatoms. The fourth-order valence-corrected chi connectivity index (χ4v) is 3.98. The average molecular weight is 399 g/mol. The number of halogens is 3. The van der Waals surface area contributed by atoms with Gasteiger partial charge in [0.15, 0.2) is 0 Å². The summed E-state index contributed by atoms with van der Waals surface area (Å²) in [5.41, 5.74) is 5.95. The molecule has 2 amide bonds. The number of benzene rings is 1. The largest absolute Gasteiger partial charge is 0.573 e. The number of nitrogens with zero attached hydrogens (tertiary/aromatic N) is 1. The van der Waals surface area contributed by atoms with E-state index in [4.69, 9.17) is 5.73 Å². The predicted octanol–water partition coefficient (Wildman–Crippen LogP) is 2.71. The van der Waals surface area contributed by atoms with Crippen LogP contribution in [0.5, 0.6) is 5.75 Å². The van der Waals surface area contributed by atoms with Gasteiger partial charge in [-0.2, -0.15) is 0 Å². The summed E-state index contributed by atoms with van der Waals surface area (Å²) in [6.07, 6.45) is -1.10. The molecule has 2 aliphatic rings. The van der Waals surface area contributed by atoms with Crippen molar-refractivity contribution in [1.82, 2.24) is 5.32 Å². The van der Waals surface area contributed by atoms with Gasteiger partial charge in [-0.25, -0.2) is 0 Å². The van der Waals surface area contributed by atoms with E-state index in [9.17, 15) is 22.8 Å². The van der Waals surface area contributed by atoms with Crippen molar-refractivity contribution >= 4 is 17.5 Å². The van der Waals surface area contributed by atoms with E-state index in [-0.39, 0.29) is 17.7 Å². The summed E-state index contributed by atoms with van der Waals surface area (Å²) in [4.78, 5) is 26.7. The first-order valence-corrected chi connectivity index (χ1v) is 9.33. The molecule has 2 fully saturated rings. The number of ether oxygens (including phenoxy) is 1. The Hall–Kier alpha value is -2.29. The van der Waals surface area contributed by atoms with Crippen LogP contribution in [0.4, 0.5) is 18.9 Å². The summed E-state index contributed by atoms with van der Waals surface area (Å²) in [6.45, 7) is 2.15. The predicted molar refractivity (Wildman–Crippen MR) is 96.6 cm³/mol. The summed E-state index contributed by atoms with van der Waals surface area (Å²) in [5, 5.41) is 2.79. The van der Waals surface area contributed by atoms with E-state index in [0.717, 1.165) is 25.3 Å². The van der Waals surface area contributed by atoms with Crippen LogP contribution in [0.2, 0.25) is 0 Å². The number of hydrogen-bond donors (Lipinski definition) is 2. The van der Waals surface area contributed by atoms with Crippen molar-refractivity contribution in [3.8, 4) is 5.75 Å². The van der Waals surface area contributed by atoms with Crippen molar-refractivity contribution < 1.29 is 27.5 Å². The highest BCUT2D eigenvalue weighted by Gasteiger charge is 2.41. The van der Waals surface area contributed by atoms with Gasteiger partial charge < -0.3 is 20.7 Å². The molecule has 3 atom stereocenters. The first-order chi connectivity index (χ1) is 13.1. The molecule has 0 bridgehead atoms. The molecular weight excluding hydrogens is 375 g/mol. The minimum absolute atomic E-state index is 0.237. The second kappa shape index (κ2) is 7.62. The topological polar surface area (TPSA) is 84.7 Å². The zero-order valence-electron chi connectivity index (χ0n) is 15.6. The molecule has 3 N–H and O–H groups in total. The lowest BCUT2D eigenvalue weighted by Crippen LogP contribution is -2.55. The van der Waals surface area contributed by atoms with Gasteiger partial charge in [0.1, 0.15) is 11.8 Å². The maximum absolute atomic E-state index is 12.7. The third-order valence-corrected chi connectivity index (χ3v) is 5.46. The molecule has 154 valence electrons. The first kappa shape index (κ1) is 20.4. The first-order valence-electron chi connectivity index (χ1n) is 9.33. The Balaban J connectivity index is 1.66. The van der Waals surface area contributed by atoms with Crippen molar-refractivity contribution in [2.75, 3.05) is 11.4 Å². The van der Waals surface area contributed by atoms with Gasteiger partial charge in [0.05, 0.1) is 5.92 Å². The zero-order valence-corrected chi connectivity index (χ0v) is 15.6. The smallest absolute Gasteiger partial charge is 0.406 e. The summed E-state index contributed by atoms with van der Waals surface area (Å²) < 4.78 is 41.1. The maximum atomic E-state index is 12.7. The summed E-state index contributed by atoms with van der Waals surface area (Å²) in [5.74, 6) is -1.34. The molecule has 3 unspecified atom stereocenters. The fourth-order valence-electron chi connectivity index (χ4n) is 3.98. The van der Waals surface area contributed by atoms with Gasteiger partial charge in [-0.05, 0) is 38.3 Å². The minimum atomic E-state index is -4.81. The normalized spacial score (nSPS) is 28.3. The van der Waals surface area contributed by atoms with Crippen LogP contribution in [0.1, 0.15) is 39.0 Å². The van der Waals surface area contributed by atoms with Crippen molar-refractivity contribution in [1.29, 1.82) is 0 Å². The Morgan fingerprint density at radius 1 is 1.32 bits per heavy atom. The number of amides is 2. The Kier molecular flexibility index (Phi) is 5.56. The van der Waals surface area contributed by atoms with Crippen LogP contribution >= 0.6 is 0 Å². The Labute approximate surface area is 161 Å². The lowest BCUT2D eigenvalue weighted by atomic mass is 9.74. The van der Waals surface area contributed by atoms with Gasteiger partial charge >= 0.3 is 6.36 Å². The van der Waals surface area contributed by atoms with Crippen molar-refractivity contribution in [3.63, 3.8) is 0 Å². The lowest BCUT2D eigenvalue weighted by Gasteiger charge is -2.37. The van der Waals surface area contributed by atoms with E-state index < -0.39 is 23.7 Å². The lowest BCUT2D eigenvalue weighted by molar-refractivity contribution is -0.274. The third kappa shape index (κ3) is 4.57. The van der Waals surface area contributed by atoms with Gasteiger partial charge in [0.25, 0.3) is 0 Å². The summed E-state index contributed by atoms with van der Waals surface area (Å²) >= 11 is 0.